The van der Waals surface area contributed by atoms with Crippen molar-refractivity contribution in [3.8, 4) is 0 Å². The predicted octanol–water partition coefficient (Wildman–Crippen LogP) is 3.25. The summed E-state index contributed by atoms with van der Waals surface area (Å²) in [4.78, 5) is 0.768. The number of aliphatic hydroxyl groups is 1. The fourth-order valence-electron chi connectivity index (χ4n) is 1.49. The van der Waals surface area contributed by atoms with Crippen LogP contribution in [0.1, 0.15) is 32.6 Å². The molecule has 94 valence electrons. The summed E-state index contributed by atoms with van der Waals surface area (Å²) in [6.45, 7) is 2.13. The van der Waals surface area contributed by atoms with Gasteiger partial charge >= 0.3 is 0 Å². The Labute approximate surface area is 106 Å². The number of hydrogen-bond donors (Lipinski definition) is 1. The maximum atomic E-state index is 11.8. The summed E-state index contributed by atoms with van der Waals surface area (Å²) in [5, 5.41) is 11.2. The third kappa shape index (κ3) is 5.80. The van der Waals surface area contributed by atoms with E-state index in [0.717, 1.165) is 30.6 Å². The summed E-state index contributed by atoms with van der Waals surface area (Å²) in [6.07, 6.45) is 5.20. The van der Waals surface area contributed by atoms with Crippen molar-refractivity contribution in [1.29, 1.82) is 0 Å². The SMILES string of the molecule is CCCCCC(O)/C=C\S(=O)c1ccccc1. The molecule has 1 aromatic rings. The van der Waals surface area contributed by atoms with E-state index in [1.807, 2.05) is 30.3 Å². The van der Waals surface area contributed by atoms with Gasteiger partial charge in [-0.2, -0.15) is 0 Å². The minimum atomic E-state index is -1.15. The molecule has 0 saturated heterocycles. The molecule has 17 heavy (non-hydrogen) atoms. The summed E-state index contributed by atoms with van der Waals surface area (Å²) >= 11 is 0. The fourth-order valence-corrected chi connectivity index (χ4v) is 2.40. The largest absolute Gasteiger partial charge is 0.389 e. The molecule has 0 saturated carbocycles. The second-order valence-corrected chi connectivity index (χ2v) is 5.34. The average molecular weight is 252 g/mol. The molecule has 3 heteroatoms. The summed E-state index contributed by atoms with van der Waals surface area (Å²) in [5.74, 6) is 0. The molecule has 0 radical (unpaired) electrons. The Morgan fingerprint density at radius 3 is 2.65 bits per heavy atom. The van der Waals surface area contributed by atoms with E-state index in [9.17, 15) is 9.32 Å². The lowest BCUT2D eigenvalue weighted by molar-refractivity contribution is 0.208. The Bertz CT molecular complexity index is 360. The van der Waals surface area contributed by atoms with Crippen molar-refractivity contribution in [1.82, 2.24) is 0 Å². The van der Waals surface area contributed by atoms with Crippen LogP contribution in [0.4, 0.5) is 0 Å². The summed E-state index contributed by atoms with van der Waals surface area (Å²) in [7, 11) is -1.15. The lowest BCUT2D eigenvalue weighted by atomic mass is 10.1. The predicted molar refractivity (Wildman–Crippen MR) is 72.1 cm³/mol. The maximum absolute atomic E-state index is 11.8. The molecule has 1 rings (SSSR count). The smallest absolute Gasteiger partial charge is 0.0773 e. The highest BCUT2D eigenvalue weighted by Crippen LogP contribution is 2.09. The lowest BCUT2D eigenvalue weighted by Gasteiger charge is -2.04. The lowest BCUT2D eigenvalue weighted by Crippen LogP contribution is -2.02. The standard InChI is InChI=1S/C14H20O2S/c1-2-3-5-8-13(15)11-12-17(16)14-9-6-4-7-10-14/h4,6-7,9-13,15H,2-3,5,8H2,1H3/b12-11-. The molecule has 0 aliphatic rings. The van der Waals surface area contributed by atoms with E-state index in [4.69, 9.17) is 0 Å². The molecule has 0 spiro atoms. The average Bonchev–Trinajstić information content (AvgIpc) is 2.37. The highest BCUT2D eigenvalue weighted by atomic mass is 32.2. The minimum Gasteiger partial charge on any atom is -0.389 e. The molecule has 0 fully saturated rings. The Kier molecular flexibility index (Phi) is 6.82. The van der Waals surface area contributed by atoms with Gasteiger partial charge in [-0.1, -0.05) is 44.4 Å². The van der Waals surface area contributed by atoms with Crippen LogP contribution in [0.3, 0.4) is 0 Å². The minimum absolute atomic E-state index is 0.478. The molecule has 0 bridgehead atoms. The first-order valence-electron chi connectivity index (χ1n) is 6.06. The van der Waals surface area contributed by atoms with Crippen LogP contribution >= 0.6 is 0 Å². The van der Waals surface area contributed by atoms with Crippen molar-refractivity contribution in [2.75, 3.05) is 0 Å². The van der Waals surface area contributed by atoms with Gasteiger partial charge < -0.3 is 5.11 Å². The molecule has 1 aromatic carbocycles. The normalized spacial score (nSPS) is 14.9. The van der Waals surface area contributed by atoms with Crippen LogP contribution in [0.2, 0.25) is 0 Å². The van der Waals surface area contributed by atoms with Crippen molar-refractivity contribution >= 4 is 10.8 Å². The van der Waals surface area contributed by atoms with E-state index >= 15 is 0 Å². The number of unbranched alkanes of at least 4 members (excludes halogenated alkanes) is 2. The van der Waals surface area contributed by atoms with E-state index in [2.05, 4.69) is 6.92 Å². The summed E-state index contributed by atoms with van der Waals surface area (Å²) in [6, 6.07) is 9.26. The molecule has 2 unspecified atom stereocenters. The molecule has 0 heterocycles. The van der Waals surface area contributed by atoms with Gasteiger partial charge in [-0.3, -0.25) is 0 Å². The number of rotatable bonds is 7. The van der Waals surface area contributed by atoms with Crippen molar-refractivity contribution in [3.63, 3.8) is 0 Å². The van der Waals surface area contributed by atoms with Crippen molar-refractivity contribution < 1.29 is 9.32 Å². The number of hydrogen-bond acceptors (Lipinski definition) is 2. The third-order valence-corrected chi connectivity index (χ3v) is 3.64. The van der Waals surface area contributed by atoms with Gasteiger partial charge in [-0.15, -0.1) is 0 Å². The zero-order chi connectivity index (χ0) is 12.5. The molecule has 0 amide bonds. The van der Waals surface area contributed by atoms with Crippen LogP contribution in [-0.2, 0) is 10.8 Å². The van der Waals surface area contributed by atoms with Gasteiger partial charge in [0.25, 0.3) is 0 Å². The second kappa shape index (κ2) is 8.20. The molecule has 1 N–H and O–H groups in total. The van der Waals surface area contributed by atoms with Gasteiger partial charge in [-0.25, -0.2) is 4.21 Å². The van der Waals surface area contributed by atoms with E-state index in [0.29, 0.717) is 0 Å². The van der Waals surface area contributed by atoms with Crippen LogP contribution in [0.25, 0.3) is 0 Å². The summed E-state index contributed by atoms with van der Waals surface area (Å²) in [5.41, 5.74) is 0. The second-order valence-electron chi connectivity index (χ2n) is 4.00. The van der Waals surface area contributed by atoms with Crippen molar-refractivity contribution in [2.45, 2.75) is 43.6 Å². The highest BCUT2D eigenvalue weighted by molar-refractivity contribution is 7.88. The number of benzene rings is 1. The molecular weight excluding hydrogens is 232 g/mol. The van der Waals surface area contributed by atoms with Gasteiger partial charge in [0.2, 0.25) is 0 Å². The zero-order valence-corrected chi connectivity index (χ0v) is 11.0. The highest BCUT2D eigenvalue weighted by Gasteiger charge is 2.01. The van der Waals surface area contributed by atoms with Gasteiger partial charge in [0.15, 0.2) is 0 Å². The van der Waals surface area contributed by atoms with Crippen molar-refractivity contribution in [3.05, 3.63) is 41.8 Å². The first-order chi connectivity index (χ1) is 8.24. The Morgan fingerprint density at radius 1 is 1.29 bits per heavy atom. The Hall–Kier alpha value is -0.930. The van der Waals surface area contributed by atoms with E-state index in [-0.39, 0.29) is 0 Å². The van der Waals surface area contributed by atoms with Crippen molar-refractivity contribution in [2.24, 2.45) is 0 Å². The summed E-state index contributed by atoms with van der Waals surface area (Å²) < 4.78 is 11.8. The quantitative estimate of drug-likeness (QED) is 0.756. The monoisotopic (exact) mass is 252 g/mol. The van der Waals surface area contributed by atoms with Gasteiger partial charge in [0.1, 0.15) is 0 Å². The van der Waals surface area contributed by atoms with E-state index in [1.165, 1.54) is 0 Å². The third-order valence-electron chi connectivity index (χ3n) is 2.50. The molecule has 0 aliphatic heterocycles. The Balaban J connectivity index is 2.40. The van der Waals surface area contributed by atoms with Crippen LogP contribution in [-0.4, -0.2) is 15.4 Å². The van der Waals surface area contributed by atoms with Crippen LogP contribution < -0.4 is 0 Å². The first-order valence-corrected chi connectivity index (χ1v) is 7.27. The van der Waals surface area contributed by atoms with E-state index in [1.54, 1.807) is 11.5 Å². The van der Waals surface area contributed by atoms with E-state index < -0.39 is 16.9 Å². The molecule has 0 aromatic heterocycles. The van der Waals surface area contributed by atoms with Gasteiger partial charge in [0.05, 0.1) is 16.9 Å². The van der Waals surface area contributed by atoms with Crippen LogP contribution in [0.15, 0.2) is 46.7 Å². The Morgan fingerprint density at radius 2 is 2.00 bits per heavy atom. The molecular formula is C14H20O2S. The first kappa shape index (κ1) is 14.1. The fraction of sp³-hybridized carbons (Fsp3) is 0.429. The number of aliphatic hydroxyl groups excluding tert-OH is 1. The maximum Gasteiger partial charge on any atom is 0.0773 e. The molecule has 2 atom stereocenters. The van der Waals surface area contributed by atoms with Crippen LogP contribution in [0.5, 0.6) is 0 Å². The van der Waals surface area contributed by atoms with Crippen LogP contribution in [0, 0.1) is 0 Å². The van der Waals surface area contributed by atoms with Gasteiger partial charge in [0, 0.05) is 10.3 Å². The molecule has 2 nitrogen and oxygen atoms in total. The topological polar surface area (TPSA) is 37.3 Å². The zero-order valence-electron chi connectivity index (χ0n) is 10.2. The van der Waals surface area contributed by atoms with Gasteiger partial charge in [-0.05, 0) is 24.6 Å². The molecule has 0 aliphatic carbocycles.